The van der Waals surface area contributed by atoms with Crippen LogP contribution in [0.2, 0.25) is 25.1 Å². The Bertz CT molecular complexity index is 2640. The highest BCUT2D eigenvalue weighted by Crippen LogP contribution is 2.28. The van der Waals surface area contributed by atoms with Crippen molar-refractivity contribution in [1.29, 1.82) is 0 Å². The van der Waals surface area contributed by atoms with E-state index in [0.29, 0.717) is 44.9 Å². The minimum atomic E-state index is -0.452. The van der Waals surface area contributed by atoms with Gasteiger partial charge in [0.05, 0.1) is 63.5 Å². The Labute approximate surface area is 458 Å². The molecule has 17 heteroatoms. The van der Waals surface area contributed by atoms with Gasteiger partial charge in [0.15, 0.2) is 0 Å². The quantitative estimate of drug-likeness (QED) is 0.0656. The molecular formula is C53H56BrCl5IN3O7. The van der Waals surface area contributed by atoms with Gasteiger partial charge in [-0.3, -0.25) is 19.2 Å². The summed E-state index contributed by atoms with van der Waals surface area (Å²) < 4.78 is 15.6. The molecule has 0 unspecified atom stereocenters. The number of hydrogen-bond acceptors (Lipinski definition) is 8. The Balaban J connectivity index is 0.000000235. The number of rotatable bonds is 9. The van der Waals surface area contributed by atoms with Gasteiger partial charge in [0, 0.05) is 41.7 Å². The highest BCUT2D eigenvalue weighted by atomic mass is 127. The number of nitrogens with zero attached hydrogens (tertiary/aromatic N) is 2. The number of nitrogens with one attached hydrogen (secondary N) is 1. The van der Waals surface area contributed by atoms with Gasteiger partial charge in [-0.1, -0.05) is 135 Å². The van der Waals surface area contributed by atoms with E-state index in [0.717, 1.165) is 58.8 Å². The number of benzene rings is 5. The third-order valence-corrected chi connectivity index (χ3v) is 14.3. The number of hydrogen-bond donors (Lipinski definition) is 1. The number of carbonyl (C=O) groups excluding carboxylic acids is 4. The Hall–Kier alpha value is -4.15. The number of aromatic nitrogens is 2. The van der Waals surface area contributed by atoms with E-state index in [1.807, 2.05) is 119 Å². The number of imidazole rings is 1. The summed E-state index contributed by atoms with van der Waals surface area (Å²) in [4.78, 5) is 54.6. The lowest BCUT2D eigenvalue weighted by Crippen LogP contribution is -2.35. The zero-order valence-corrected chi connectivity index (χ0v) is 47.7. The summed E-state index contributed by atoms with van der Waals surface area (Å²) in [5.41, 5.74) is 9.38. The molecular weight excluding hydrogens is 1170 g/mol. The van der Waals surface area contributed by atoms with Crippen molar-refractivity contribution in [1.82, 2.24) is 14.9 Å². The van der Waals surface area contributed by atoms with E-state index in [-0.39, 0.29) is 43.1 Å². The first-order chi connectivity index (χ1) is 33.1. The number of amides is 1. The average molecular weight is 1230 g/mol. The SMILES string of the molecule is COC(=O)Cc1c(C)cccc1Cl.COC(=O)Cc1c(Cl)cccc1CBr.Cc1cccc(Cl)c1CC(=O)OC(C)(C)C.Cc1cccc(Cl)c1I.O=C1Cc2c(Cl)cccc2CN1Cc1cnc[nH]1. The number of ether oxygens (including phenoxy) is 3. The van der Waals surface area contributed by atoms with E-state index in [1.165, 1.54) is 19.8 Å². The van der Waals surface area contributed by atoms with Crippen molar-refractivity contribution in [3.63, 3.8) is 0 Å². The number of H-pyrrole nitrogens is 1. The number of esters is 3. The van der Waals surface area contributed by atoms with Gasteiger partial charge in [-0.05, 0) is 145 Å². The van der Waals surface area contributed by atoms with Gasteiger partial charge >= 0.3 is 17.9 Å². The van der Waals surface area contributed by atoms with Gasteiger partial charge in [0.25, 0.3) is 0 Å². The van der Waals surface area contributed by atoms with Crippen LogP contribution in [-0.2, 0) is 77.5 Å². The van der Waals surface area contributed by atoms with Gasteiger partial charge in [0.2, 0.25) is 5.91 Å². The third-order valence-electron chi connectivity index (χ3n) is 10.2. The van der Waals surface area contributed by atoms with Crippen molar-refractivity contribution in [2.24, 2.45) is 0 Å². The van der Waals surface area contributed by atoms with Gasteiger partial charge in [-0.2, -0.15) is 0 Å². The van der Waals surface area contributed by atoms with Crippen molar-refractivity contribution in [3.05, 3.63) is 188 Å². The van der Waals surface area contributed by atoms with E-state index in [4.69, 9.17) is 62.7 Å². The lowest BCUT2D eigenvalue weighted by atomic mass is 9.99. The Morgan fingerprint density at radius 1 is 0.686 bits per heavy atom. The summed E-state index contributed by atoms with van der Waals surface area (Å²) in [6, 6.07) is 28.4. The molecule has 1 amide bonds. The van der Waals surface area contributed by atoms with Crippen LogP contribution in [0.3, 0.4) is 0 Å². The third kappa shape index (κ3) is 20.2. The molecule has 1 aliphatic heterocycles. The summed E-state index contributed by atoms with van der Waals surface area (Å²) in [6.45, 7) is 12.6. The second kappa shape index (κ2) is 30.0. The molecule has 0 spiro atoms. The molecule has 0 saturated carbocycles. The molecule has 374 valence electrons. The number of carbonyl (C=O) groups is 4. The first-order valence-corrected chi connectivity index (χ1v) is 25.7. The molecule has 2 heterocycles. The minimum absolute atomic E-state index is 0.102. The molecule has 1 aromatic heterocycles. The monoisotopic (exact) mass is 1230 g/mol. The largest absolute Gasteiger partial charge is 0.469 e. The second-order valence-electron chi connectivity index (χ2n) is 16.6. The smallest absolute Gasteiger partial charge is 0.310 e. The summed E-state index contributed by atoms with van der Waals surface area (Å²) >= 11 is 35.4. The summed E-state index contributed by atoms with van der Waals surface area (Å²) in [6.07, 6.45) is 4.42. The van der Waals surface area contributed by atoms with Crippen molar-refractivity contribution < 1.29 is 33.4 Å². The number of aryl methyl sites for hydroxylation is 3. The van der Waals surface area contributed by atoms with E-state index < -0.39 is 5.60 Å². The van der Waals surface area contributed by atoms with Crippen molar-refractivity contribution in [3.8, 4) is 0 Å². The minimum Gasteiger partial charge on any atom is -0.469 e. The van der Waals surface area contributed by atoms with Crippen LogP contribution in [0.4, 0.5) is 0 Å². The Kier molecular flexibility index (Phi) is 25.8. The van der Waals surface area contributed by atoms with Crippen LogP contribution < -0.4 is 0 Å². The first-order valence-electron chi connectivity index (χ1n) is 21.7. The molecule has 0 aliphatic carbocycles. The van der Waals surface area contributed by atoms with Crippen LogP contribution in [0, 0.1) is 24.3 Å². The molecule has 70 heavy (non-hydrogen) atoms. The maximum absolute atomic E-state index is 12.1. The molecule has 0 atom stereocenters. The molecule has 1 aliphatic rings. The summed E-state index contributed by atoms with van der Waals surface area (Å²) in [5, 5.41) is 4.04. The molecule has 10 nitrogen and oxygen atoms in total. The zero-order chi connectivity index (χ0) is 52.1. The number of alkyl halides is 1. The standard InChI is InChI=1S/C13H12ClN3O.C13H17ClO2.C10H10BrClO2.C10H11ClO2.C7H6ClI/c14-12-3-1-2-9-6-17(13(18)4-11(9)12)7-10-5-15-8-16-10;1-9-6-5-7-11(14)10(9)8-12(15)16-13(2,3)4;1-14-10(13)5-8-7(6-11)3-2-4-9(8)12;1-7-4-3-5-9(11)8(7)6-10(12)13-2;1-5-3-2-4-6(8)7(5)9/h1-3,5,8H,4,6-7H2,(H,15,16);5-7H,8H2,1-4H3;2-4H,5-6H2,1H3;3-5H,6H2,1-2H3;2-4H,1H3. The van der Waals surface area contributed by atoms with Gasteiger partial charge in [-0.15, -0.1) is 0 Å². The predicted octanol–water partition coefficient (Wildman–Crippen LogP) is 14.2. The van der Waals surface area contributed by atoms with Gasteiger partial charge in [0.1, 0.15) is 5.60 Å². The molecule has 0 fully saturated rings. The van der Waals surface area contributed by atoms with E-state index in [9.17, 15) is 19.2 Å². The molecule has 7 rings (SSSR count). The molecule has 6 aromatic rings. The van der Waals surface area contributed by atoms with Crippen molar-refractivity contribution >= 4 is 120 Å². The topological polar surface area (TPSA) is 128 Å². The normalized spacial score (nSPS) is 11.4. The lowest BCUT2D eigenvalue weighted by Gasteiger charge is -2.28. The van der Waals surface area contributed by atoms with Crippen LogP contribution in [0.1, 0.15) is 76.5 Å². The van der Waals surface area contributed by atoms with E-state index >= 15 is 0 Å². The second-order valence-corrected chi connectivity index (χ2v) is 20.3. The van der Waals surface area contributed by atoms with Crippen LogP contribution in [0.15, 0.2) is 104 Å². The van der Waals surface area contributed by atoms with Crippen LogP contribution in [0.5, 0.6) is 0 Å². The van der Waals surface area contributed by atoms with Crippen LogP contribution in [0.25, 0.3) is 0 Å². The van der Waals surface area contributed by atoms with Crippen molar-refractivity contribution in [2.75, 3.05) is 14.2 Å². The highest BCUT2D eigenvalue weighted by Gasteiger charge is 2.25. The Morgan fingerprint density at radius 2 is 1.16 bits per heavy atom. The first kappa shape index (κ1) is 60.2. The molecule has 0 bridgehead atoms. The lowest BCUT2D eigenvalue weighted by molar-refractivity contribution is -0.154. The predicted molar refractivity (Wildman–Crippen MR) is 294 cm³/mol. The van der Waals surface area contributed by atoms with Crippen molar-refractivity contribution in [2.45, 2.75) is 91.2 Å². The van der Waals surface area contributed by atoms with Crippen LogP contribution >= 0.6 is 96.5 Å². The summed E-state index contributed by atoms with van der Waals surface area (Å²) in [7, 11) is 2.74. The van der Waals surface area contributed by atoms with Gasteiger partial charge in [-0.25, -0.2) is 4.98 Å². The number of methoxy groups -OCH3 is 2. The molecule has 0 saturated heterocycles. The molecule has 0 radical (unpaired) electrons. The fourth-order valence-corrected chi connectivity index (χ4v) is 8.71. The fraction of sp³-hybridized carbons (Fsp3) is 0.302. The van der Waals surface area contributed by atoms with Gasteiger partial charge < -0.3 is 24.1 Å². The number of aromatic amines is 1. The summed E-state index contributed by atoms with van der Waals surface area (Å²) in [5.74, 6) is -0.689. The van der Waals surface area contributed by atoms with E-state index in [2.05, 4.69) is 58.0 Å². The number of halogens is 7. The Morgan fingerprint density at radius 3 is 1.63 bits per heavy atom. The zero-order valence-electron chi connectivity index (χ0n) is 40.2. The maximum atomic E-state index is 12.1. The van der Waals surface area contributed by atoms with Crippen LogP contribution in [-0.4, -0.2) is 58.5 Å². The highest BCUT2D eigenvalue weighted by molar-refractivity contribution is 14.1. The van der Waals surface area contributed by atoms with E-state index in [1.54, 1.807) is 30.7 Å². The maximum Gasteiger partial charge on any atom is 0.310 e. The molecule has 5 aromatic carbocycles. The average Bonchev–Trinajstić information content (AvgIpc) is 3.83. The number of fused-ring (bicyclic) bond motifs is 1. The fourth-order valence-electron chi connectivity index (χ4n) is 6.50. The molecule has 1 N–H and O–H groups in total.